The van der Waals surface area contributed by atoms with Gasteiger partial charge in [-0.3, -0.25) is 4.90 Å². The van der Waals surface area contributed by atoms with E-state index in [1.165, 1.54) is 4.90 Å². The zero-order chi connectivity index (χ0) is 15.6. The van der Waals surface area contributed by atoms with Gasteiger partial charge < -0.3 is 9.84 Å². The number of carbonyl (C=O) groups excluding carboxylic acids is 1. The van der Waals surface area contributed by atoms with Crippen molar-refractivity contribution >= 4 is 35.6 Å². The fourth-order valence-corrected chi connectivity index (χ4v) is 6.02. The lowest BCUT2D eigenvalue weighted by atomic mass is 10.2. The molecule has 1 aromatic carbocycles. The normalized spacial score (nSPS) is 22.9. The first-order chi connectivity index (χ1) is 10.6. The first-order valence-electron chi connectivity index (χ1n) is 7.08. The topological polar surface area (TPSA) is 66.8 Å². The highest BCUT2D eigenvalue weighted by atomic mass is 32.2. The van der Waals surface area contributed by atoms with E-state index in [0.29, 0.717) is 13.0 Å². The average molecular weight is 339 g/mol. The molecule has 7 heteroatoms. The highest BCUT2D eigenvalue weighted by Gasteiger charge is 2.51. The number of hydrogen-bond donors (Lipinski definition) is 1. The highest BCUT2D eigenvalue weighted by molar-refractivity contribution is 8.21. The van der Waals surface area contributed by atoms with E-state index in [4.69, 9.17) is 4.74 Å². The van der Waals surface area contributed by atoms with Crippen LogP contribution >= 0.6 is 23.5 Å². The van der Waals surface area contributed by atoms with Crippen LogP contribution in [0.15, 0.2) is 30.3 Å². The van der Waals surface area contributed by atoms with E-state index in [1.807, 2.05) is 30.3 Å². The zero-order valence-electron chi connectivity index (χ0n) is 11.9. The van der Waals surface area contributed by atoms with Crippen molar-refractivity contribution < 1.29 is 19.4 Å². The second kappa shape index (κ2) is 6.42. The van der Waals surface area contributed by atoms with Crippen LogP contribution in [0, 0.1) is 0 Å². The molecule has 118 valence electrons. The second-order valence-corrected chi connectivity index (χ2v) is 8.55. The summed E-state index contributed by atoms with van der Waals surface area (Å²) in [6, 6.07) is 8.60. The van der Waals surface area contributed by atoms with Gasteiger partial charge in [0.05, 0.1) is 4.08 Å². The smallest absolute Gasteiger partial charge is 0.410 e. The molecule has 1 amide bonds. The van der Waals surface area contributed by atoms with E-state index in [2.05, 4.69) is 0 Å². The summed E-state index contributed by atoms with van der Waals surface area (Å²) >= 11 is 3.52. The van der Waals surface area contributed by atoms with E-state index < -0.39 is 18.1 Å². The number of rotatable bonds is 3. The van der Waals surface area contributed by atoms with Crippen LogP contribution in [0.5, 0.6) is 0 Å². The number of benzene rings is 1. The summed E-state index contributed by atoms with van der Waals surface area (Å²) in [5.41, 5.74) is 0.890. The molecule has 2 aliphatic heterocycles. The van der Waals surface area contributed by atoms with Gasteiger partial charge >= 0.3 is 12.1 Å². The number of likely N-dealkylation sites (tertiary alicyclic amines) is 1. The van der Waals surface area contributed by atoms with Gasteiger partial charge in [0.2, 0.25) is 0 Å². The van der Waals surface area contributed by atoms with Gasteiger partial charge in [0.15, 0.2) is 0 Å². The highest BCUT2D eigenvalue weighted by Crippen LogP contribution is 2.51. The van der Waals surface area contributed by atoms with Crippen molar-refractivity contribution in [2.24, 2.45) is 0 Å². The van der Waals surface area contributed by atoms with E-state index in [-0.39, 0.29) is 10.7 Å². The van der Waals surface area contributed by atoms with Gasteiger partial charge in [-0.05, 0) is 5.56 Å². The number of thioether (sulfide) groups is 2. The molecule has 5 nitrogen and oxygen atoms in total. The maximum atomic E-state index is 12.3. The molecule has 2 fully saturated rings. The number of hydrogen-bond acceptors (Lipinski definition) is 5. The molecule has 22 heavy (non-hydrogen) atoms. The fourth-order valence-electron chi connectivity index (χ4n) is 2.76. The van der Waals surface area contributed by atoms with Gasteiger partial charge in [-0.2, -0.15) is 0 Å². The number of nitrogens with zero attached hydrogens (tertiary/aromatic N) is 1. The van der Waals surface area contributed by atoms with E-state index >= 15 is 0 Å². The predicted octanol–water partition coefficient (Wildman–Crippen LogP) is 2.66. The summed E-state index contributed by atoms with van der Waals surface area (Å²) in [4.78, 5) is 25.1. The number of carboxylic acids is 1. The van der Waals surface area contributed by atoms with Crippen LogP contribution in [0.3, 0.4) is 0 Å². The van der Waals surface area contributed by atoms with Crippen LogP contribution < -0.4 is 0 Å². The molecule has 2 saturated heterocycles. The first kappa shape index (κ1) is 15.6. The Balaban J connectivity index is 1.66. The summed E-state index contributed by atoms with van der Waals surface area (Å²) in [6.45, 7) is 0.600. The minimum atomic E-state index is -0.957. The molecule has 1 unspecified atom stereocenters. The number of carboxylic acid groups (broad SMARTS) is 1. The number of carbonyl (C=O) groups is 2. The lowest BCUT2D eigenvalue weighted by Gasteiger charge is -2.22. The maximum absolute atomic E-state index is 12.3. The van der Waals surface area contributed by atoms with Crippen molar-refractivity contribution in [1.82, 2.24) is 4.90 Å². The molecule has 0 saturated carbocycles. The molecular formula is C15H17NO4S2. The van der Waals surface area contributed by atoms with Gasteiger partial charge in [-0.1, -0.05) is 30.3 Å². The van der Waals surface area contributed by atoms with Gasteiger partial charge in [0.25, 0.3) is 0 Å². The van der Waals surface area contributed by atoms with Crippen LogP contribution in [0.25, 0.3) is 0 Å². The van der Waals surface area contributed by atoms with E-state index in [0.717, 1.165) is 17.1 Å². The summed E-state index contributed by atoms with van der Waals surface area (Å²) < 4.78 is 5.13. The van der Waals surface area contributed by atoms with Gasteiger partial charge in [-0.25, -0.2) is 9.59 Å². The Labute approximate surface area is 137 Å². The summed E-state index contributed by atoms with van der Waals surface area (Å²) in [5.74, 6) is 1.05. The van der Waals surface area contributed by atoms with Crippen LogP contribution in [0.4, 0.5) is 4.79 Å². The third-order valence-corrected chi connectivity index (χ3v) is 7.26. The largest absolute Gasteiger partial charge is 0.480 e. The third-order valence-electron chi connectivity index (χ3n) is 3.83. The SMILES string of the molecule is O=C(O)C1CC2(CN1C(=O)OCc1ccccc1)SCCS2. The van der Waals surface area contributed by atoms with E-state index in [9.17, 15) is 14.7 Å². The Kier molecular flexibility index (Phi) is 4.54. The molecular weight excluding hydrogens is 322 g/mol. The van der Waals surface area contributed by atoms with Crippen molar-refractivity contribution in [2.45, 2.75) is 23.1 Å². The molecule has 1 spiro atoms. The lowest BCUT2D eigenvalue weighted by Crippen LogP contribution is -2.41. The minimum absolute atomic E-state index is 0.162. The Morgan fingerprint density at radius 3 is 2.59 bits per heavy atom. The molecule has 3 rings (SSSR count). The average Bonchev–Trinajstić information content (AvgIpc) is 3.14. The predicted molar refractivity (Wildman–Crippen MR) is 87.0 cm³/mol. The summed E-state index contributed by atoms with van der Waals surface area (Å²) in [6.07, 6.45) is -0.0563. The Hall–Kier alpha value is -1.34. The summed E-state index contributed by atoms with van der Waals surface area (Å²) in [5, 5.41) is 9.39. The van der Waals surface area contributed by atoms with Crippen molar-refractivity contribution in [3.63, 3.8) is 0 Å². The summed E-state index contributed by atoms with van der Waals surface area (Å²) in [7, 11) is 0. The maximum Gasteiger partial charge on any atom is 0.410 e. The molecule has 0 bridgehead atoms. The molecule has 0 aromatic heterocycles. The molecule has 1 atom stereocenters. The molecule has 2 aliphatic rings. The Morgan fingerprint density at radius 1 is 1.27 bits per heavy atom. The standard InChI is InChI=1S/C15H17NO4S2/c17-13(18)12-8-15(21-6-7-22-15)10-16(12)14(19)20-9-11-4-2-1-3-5-11/h1-5,12H,6-10H2,(H,17,18). The molecule has 0 aliphatic carbocycles. The molecule has 1 N–H and O–H groups in total. The zero-order valence-corrected chi connectivity index (χ0v) is 13.6. The second-order valence-electron chi connectivity index (χ2n) is 5.33. The minimum Gasteiger partial charge on any atom is -0.480 e. The van der Waals surface area contributed by atoms with Crippen LogP contribution in [-0.2, 0) is 16.1 Å². The monoisotopic (exact) mass is 339 g/mol. The lowest BCUT2D eigenvalue weighted by molar-refractivity contribution is -0.141. The molecule has 0 radical (unpaired) electrons. The van der Waals surface area contributed by atoms with E-state index in [1.54, 1.807) is 23.5 Å². The first-order valence-corrected chi connectivity index (χ1v) is 9.05. The Morgan fingerprint density at radius 2 is 1.95 bits per heavy atom. The quantitative estimate of drug-likeness (QED) is 0.913. The molecule has 2 heterocycles. The number of amides is 1. The van der Waals surface area contributed by atoms with Crippen molar-refractivity contribution in [1.29, 1.82) is 0 Å². The van der Waals surface area contributed by atoms with Crippen molar-refractivity contribution in [3.8, 4) is 0 Å². The number of ether oxygens (including phenoxy) is 1. The van der Waals surface area contributed by atoms with Gasteiger partial charge in [0.1, 0.15) is 12.6 Å². The van der Waals surface area contributed by atoms with Crippen LogP contribution in [0.2, 0.25) is 0 Å². The van der Waals surface area contributed by atoms with Crippen LogP contribution in [0.1, 0.15) is 12.0 Å². The fraction of sp³-hybridized carbons (Fsp3) is 0.467. The van der Waals surface area contributed by atoms with Gasteiger partial charge in [0, 0.05) is 24.5 Å². The number of aliphatic carboxylic acids is 1. The third kappa shape index (κ3) is 3.20. The Bertz CT molecular complexity index is 560. The molecule has 1 aromatic rings. The van der Waals surface area contributed by atoms with Crippen molar-refractivity contribution in [2.75, 3.05) is 18.1 Å². The van der Waals surface area contributed by atoms with Crippen LogP contribution in [-0.4, -0.2) is 50.2 Å². The van der Waals surface area contributed by atoms with Crippen molar-refractivity contribution in [3.05, 3.63) is 35.9 Å². The van der Waals surface area contributed by atoms with Gasteiger partial charge in [-0.15, -0.1) is 23.5 Å².